The number of amides is 2. The van der Waals surface area contributed by atoms with E-state index >= 15 is 0 Å². The largest absolute Gasteiger partial charge is 0.366 e. The van der Waals surface area contributed by atoms with Gasteiger partial charge in [-0.3, -0.25) is 9.59 Å². The second-order valence-electron chi connectivity index (χ2n) is 4.87. The van der Waals surface area contributed by atoms with E-state index in [-0.39, 0.29) is 17.9 Å². The molecule has 1 heterocycles. The van der Waals surface area contributed by atoms with Crippen LogP contribution in [0.2, 0.25) is 0 Å². The van der Waals surface area contributed by atoms with Crippen LogP contribution in [0.4, 0.5) is 5.69 Å². The van der Waals surface area contributed by atoms with E-state index in [1.807, 2.05) is 0 Å². The number of H-pyrrole nitrogens is 1. The van der Waals surface area contributed by atoms with E-state index < -0.39 is 11.6 Å². The molecule has 0 aliphatic heterocycles. The van der Waals surface area contributed by atoms with Crippen LogP contribution in [0.15, 0.2) is 29.1 Å². The molecule has 114 valence electrons. The molecule has 0 unspecified atom stereocenters. The van der Waals surface area contributed by atoms with E-state index in [2.05, 4.69) is 15.3 Å². The third-order valence-electron chi connectivity index (χ3n) is 3.26. The fourth-order valence-corrected chi connectivity index (χ4v) is 2.18. The van der Waals surface area contributed by atoms with Crippen LogP contribution in [0.1, 0.15) is 27.3 Å². The number of para-hydroxylation sites is 1. The quantitative estimate of drug-likeness (QED) is 0.768. The summed E-state index contributed by atoms with van der Waals surface area (Å²) in [5.74, 6) is -0.942. The van der Waals surface area contributed by atoms with Crippen molar-refractivity contribution in [2.24, 2.45) is 5.73 Å². The minimum Gasteiger partial charge on any atom is -0.366 e. The van der Waals surface area contributed by atoms with E-state index in [0.717, 1.165) is 0 Å². The number of hydrogen-bond acceptors (Lipinski definition) is 4. The van der Waals surface area contributed by atoms with Crippen molar-refractivity contribution < 1.29 is 9.59 Å². The molecule has 0 radical (unpaired) electrons. The van der Waals surface area contributed by atoms with E-state index in [1.54, 1.807) is 32.0 Å². The van der Waals surface area contributed by atoms with Crippen molar-refractivity contribution in [2.75, 3.05) is 5.32 Å². The Morgan fingerprint density at radius 2 is 1.95 bits per heavy atom. The third kappa shape index (κ3) is 3.38. The monoisotopic (exact) mass is 300 g/mol. The van der Waals surface area contributed by atoms with Crippen LogP contribution in [0.5, 0.6) is 0 Å². The number of aromatic nitrogens is 2. The summed E-state index contributed by atoms with van der Waals surface area (Å²) in [6, 6.07) is 6.49. The van der Waals surface area contributed by atoms with Gasteiger partial charge in [0.1, 0.15) is 0 Å². The maximum absolute atomic E-state index is 12.2. The minimum absolute atomic E-state index is 0.0363. The molecule has 0 aliphatic rings. The Morgan fingerprint density at radius 1 is 1.27 bits per heavy atom. The first-order valence-electron chi connectivity index (χ1n) is 6.63. The van der Waals surface area contributed by atoms with Crippen molar-refractivity contribution in [1.82, 2.24) is 9.97 Å². The van der Waals surface area contributed by atoms with Crippen molar-refractivity contribution in [3.8, 4) is 0 Å². The first-order chi connectivity index (χ1) is 10.4. The molecule has 0 fully saturated rings. The number of anilines is 1. The summed E-state index contributed by atoms with van der Waals surface area (Å²) >= 11 is 0. The molecular formula is C15H16N4O3. The number of hydrogen-bond donors (Lipinski definition) is 3. The zero-order valence-corrected chi connectivity index (χ0v) is 12.3. The number of rotatable bonds is 4. The fraction of sp³-hybridized carbons (Fsp3) is 0.200. The smallest absolute Gasteiger partial charge is 0.345 e. The van der Waals surface area contributed by atoms with Gasteiger partial charge in [-0.05, 0) is 26.0 Å². The molecule has 1 aromatic heterocycles. The lowest BCUT2D eigenvalue weighted by molar-refractivity contribution is -0.115. The molecule has 2 rings (SSSR count). The maximum atomic E-state index is 12.2. The van der Waals surface area contributed by atoms with Crippen LogP contribution >= 0.6 is 0 Å². The van der Waals surface area contributed by atoms with Gasteiger partial charge < -0.3 is 16.0 Å². The summed E-state index contributed by atoms with van der Waals surface area (Å²) in [4.78, 5) is 41.1. The first kappa shape index (κ1) is 15.4. The lowest BCUT2D eigenvalue weighted by atomic mass is 10.1. The number of primary amides is 1. The van der Waals surface area contributed by atoms with Gasteiger partial charge >= 0.3 is 5.69 Å². The highest BCUT2D eigenvalue weighted by atomic mass is 16.2. The zero-order valence-electron chi connectivity index (χ0n) is 12.3. The lowest BCUT2D eigenvalue weighted by Gasteiger charge is -2.11. The van der Waals surface area contributed by atoms with Gasteiger partial charge in [0, 0.05) is 17.0 Å². The van der Waals surface area contributed by atoms with Crippen molar-refractivity contribution >= 4 is 17.5 Å². The molecule has 0 atom stereocenters. The minimum atomic E-state index is -0.617. The second-order valence-corrected chi connectivity index (χ2v) is 4.87. The average molecular weight is 300 g/mol. The van der Waals surface area contributed by atoms with Crippen molar-refractivity contribution in [3.63, 3.8) is 0 Å². The highest BCUT2D eigenvalue weighted by molar-refractivity contribution is 6.03. The van der Waals surface area contributed by atoms with Crippen LogP contribution in [0.3, 0.4) is 0 Å². The first-order valence-corrected chi connectivity index (χ1v) is 6.63. The van der Waals surface area contributed by atoms with Crippen molar-refractivity contribution in [1.29, 1.82) is 0 Å². The van der Waals surface area contributed by atoms with Gasteiger partial charge in [0.25, 0.3) is 5.91 Å². The standard InChI is InChI=1S/C15H16N4O3/c1-8-11(9(2)18-15(22)17-8)7-13(20)19-12-6-4-3-5-10(12)14(16)21/h3-6H,7H2,1-2H3,(H2,16,21)(H,19,20)(H,17,18,22). The summed E-state index contributed by atoms with van der Waals surface area (Å²) in [6.07, 6.45) is 0.0363. The molecule has 0 spiro atoms. The Hall–Kier alpha value is -2.96. The predicted molar refractivity (Wildman–Crippen MR) is 81.6 cm³/mol. The Morgan fingerprint density at radius 3 is 2.59 bits per heavy atom. The lowest BCUT2D eigenvalue weighted by Crippen LogP contribution is -2.22. The second kappa shape index (κ2) is 6.21. The summed E-state index contributed by atoms with van der Waals surface area (Å²) in [5.41, 5.74) is 7.16. The molecule has 0 bridgehead atoms. The predicted octanol–water partition coefficient (Wildman–Crippen LogP) is 0.667. The summed E-state index contributed by atoms with van der Waals surface area (Å²) in [5, 5.41) is 2.65. The molecule has 22 heavy (non-hydrogen) atoms. The molecule has 7 heteroatoms. The molecule has 0 aliphatic carbocycles. The molecule has 0 saturated carbocycles. The number of carbonyl (C=O) groups is 2. The Bertz CT molecular complexity index is 769. The number of nitrogens with two attached hydrogens (primary N) is 1. The molecule has 2 aromatic rings. The van der Waals surface area contributed by atoms with Gasteiger partial charge in [0.2, 0.25) is 5.91 Å². The highest BCUT2D eigenvalue weighted by Crippen LogP contribution is 2.15. The summed E-state index contributed by atoms with van der Waals surface area (Å²) in [7, 11) is 0. The maximum Gasteiger partial charge on any atom is 0.345 e. The van der Waals surface area contributed by atoms with E-state index in [1.165, 1.54) is 6.07 Å². The van der Waals surface area contributed by atoms with Crippen molar-refractivity contribution in [3.05, 3.63) is 57.3 Å². The van der Waals surface area contributed by atoms with Gasteiger partial charge in [-0.1, -0.05) is 12.1 Å². The van der Waals surface area contributed by atoms with Gasteiger partial charge in [0.15, 0.2) is 0 Å². The average Bonchev–Trinajstić information content (AvgIpc) is 2.43. The number of nitrogens with one attached hydrogen (secondary N) is 2. The number of aromatic amines is 1. The Labute approximate surface area is 126 Å². The summed E-state index contributed by atoms with van der Waals surface area (Å²) < 4.78 is 0. The van der Waals surface area contributed by atoms with Crippen LogP contribution in [0, 0.1) is 13.8 Å². The normalized spacial score (nSPS) is 10.3. The van der Waals surface area contributed by atoms with Crippen LogP contribution in [-0.2, 0) is 11.2 Å². The topological polar surface area (TPSA) is 118 Å². The van der Waals surface area contributed by atoms with E-state index in [0.29, 0.717) is 22.6 Å². The molecule has 1 aromatic carbocycles. The van der Waals surface area contributed by atoms with Gasteiger partial charge in [-0.15, -0.1) is 0 Å². The van der Waals surface area contributed by atoms with E-state index in [4.69, 9.17) is 5.73 Å². The molecule has 2 amide bonds. The van der Waals surface area contributed by atoms with Gasteiger partial charge in [0.05, 0.1) is 17.7 Å². The van der Waals surface area contributed by atoms with Gasteiger partial charge in [-0.25, -0.2) is 4.79 Å². The third-order valence-corrected chi connectivity index (χ3v) is 3.26. The fourth-order valence-electron chi connectivity index (χ4n) is 2.18. The number of carbonyl (C=O) groups excluding carboxylic acids is 2. The number of benzene rings is 1. The molecule has 0 saturated heterocycles. The number of aryl methyl sites for hydroxylation is 2. The van der Waals surface area contributed by atoms with Crippen LogP contribution < -0.4 is 16.7 Å². The highest BCUT2D eigenvalue weighted by Gasteiger charge is 2.14. The van der Waals surface area contributed by atoms with Crippen LogP contribution in [0.25, 0.3) is 0 Å². The summed E-state index contributed by atoms with van der Waals surface area (Å²) in [6.45, 7) is 3.37. The molecule has 7 nitrogen and oxygen atoms in total. The molecule has 4 N–H and O–H groups in total. The molecular weight excluding hydrogens is 284 g/mol. The Balaban J connectivity index is 2.22. The van der Waals surface area contributed by atoms with Gasteiger partial charge in [-0.2, -0.15) is 4.98 Å². The van der Waals surface area contributed by atoms with Crippen LogP contribution in [-0.4, -0.2) is 21.8 Å². The van der Waals surface area contributed by atoms with Crippen molar-refractivity contribution in [2.45, 2.75) is 20.3 Å². The zero-order chi connectivity index (χ0) is 16.3. The van der Waals surface area contributed by atoms with E-state index in [9.17, 15) is 14.4 Å². The number of nitrogens with zero attached hydrogens (tertiary/aromatic N) is 1. The Kier molecular flexibility index (Phi) is 4.36. The SMILES string of the molecule is Cc1nc(=O)[nH]c(C)c1CC(=O)Nc1ccccc1C(N)=O.